The fourth-order valence-electron chi connectivity index (χ4n) is 3.77. The Morgan fingerprint density at radius 2 is 1.78 bits per heavy atom. The quantitative estimate of drug-likeness (QED) is 0.558. The molecule has 0 saturated heterocycles. The van der Waals surface area contributed by atoms with Crippen molar-refractivity contribution in [2.75, 3.05) is 13.7 Å². The van der Waals surface area contributed by atoms with Crippen LogP contribution in [0.2, 0.25) is 10.0 Å². The molecule has 0 aliphatic heterocycles. The van der Waals surface area contributed by atoms with Crippen molar-refractivity contribution in [3.8, 4) is 11.5 Å². The highest BCUT2D eigenvalue weighted by Gasteiger charge is 2.29. The van der Waals surface area contributed by atoms with Gasteiger partial charge in [0.15, 0.2) is 18.1 Å². The first-order valence-electron chi connectivity index (χ1n) is 10.7. The second-order valence-corrected chi connectivity index (χ2v) is 8.69. The molecule has 8 heteroatoms. The minimum absolute atomic E-state index is 0.164. The van der Waals surface area contributed by atoms with Crippen molar-refractivity contribution in [2.45, 2.75) is 51.2 Å². The number of nitrogens with zero attached hydrogens (tertiary/aromatic N) is 1. The minimum atomic E-state index is -0.682. The van der Waals surface area contributed by atoms with E-state index in [0.29, 0.717) is 21.5 Å². The summed E-state index contributed by atoms with van der Waals surface area (Å²) in [5.74, 6) is 0.489. The molecule has 1 saturated carbocycles. The molecule has 0 spiro atoms. The summed E-state index contributed by atoms with van der Waals surface area (Å²) in [5.41, 5.74) is 0.769. The maximum absolute atomic E-state index is 13.2. The lowest BCUT2D eigenvalue weighted by Crippen LogP contribution is -2.50. The molecule has 0 heterocycles. The zero-order chi connectivity index (χ0) is 23.1. The fourth-order valence-corrected chi connectivity index (χ4v) is 4.09. The minimum Gasteiger partial charge on any atom is -0.493 e. The van der Waals surface area contributed by atoms with Gasteiger partial charge in [-0.2, -0.15) is 0 Å². The number of para-hydroxylation sites is 2. The Hall–Kier alpha value is -2.44. The topological polar surface area (TPSA) is 67.9 Å². The molecule has 2 amide bonds. The maximum Gasteiger partial charge on any atom is 0.261 e. The molecule has 1 aliphatic carbocycles. The molecule has 0 bridgehead atoms. The number of methoxy groups -OCH3 is 1. The third-order valence-corrected chi connectivity index (χ3v) is 6.37. The van der Waals surface area contributed by atoms with E-state index in [1.165, 1.54) is 12.0 Å². The number of hydrogen-bond donors (Lipinski definition) is 1. The van der Waals surface area contributed by atoms with Crippen LogP contribution in [-0.2, 0) is 16.1 Å². The van der Waals surface area contributed by atoms with Gasteiger partial charge in [0, 0.05) is 12.6 Å². The molecule has 6 nitrogen and oxygen atoms in total. The molecular formula is C24H28Cl2N2O4. The van der Waals surface area contributed by atoms with Gasteiger partial charge in [-0.25, -0.2) is 0 Å². The Balaban J connectivity index is 1.75. The van der Waals surface area contributed by atoms with Crippen LogP contribution in [0.15, 0.2) is 42.5 Å². The number of ether oxygens (including phenoxy) is 2. The molecule has 1 N–H and O–H groups in total. The highest BCUT2D eigenvalue weighted by molar-refractivity contribution is 6.42. The number of amides is 2. The van der Waals surface area contributed by atoms with E-state index in [0.717, 1.165) is 31.2 Å². The van der Waals surface area contributed by atoms with Crippen molar-refractivity contribution in [1.82, 2.24) is 10.2 Å². The third-order valence-electron chi connectivity index (χ3n) is 5.63. The van der Waals surface area contributed by atoms with E-state index in [4.69, 9.17) is 32.7 Å². The summed E-state index contributed by atoms with van der Waals surface area (Å²) >= 11 is 12.2. The molecule has 1 aliphatic rings. The lowest BCUT2D eigenvalue weighted by atomic mass is 10.1. The zero-order valence-electron chi connectivity index (χ0n) is 18.3. The van der Waals surface area contributed by atoms with Gasteiger partial charge in [0.05, 0.1) is 17.2 Å². The lowest BCUT2D eigenvalue weighted by molar-refractivity contribution is -0.142. The smallest absolute Gasteiger partial charge is 0.261 e. The van der Waals surface area contributed by atoms with Crippen LogP contribution in [0.4, 0.5) is 0 Å². The summed E-state index contributed by atoms with van der Waals surface area (Å²) in [7, 11) is 1.54. The molecule has 2 aromatic carbocycles. The van der Waals surface area contributed by atoms with E-state index >= 15 is 0 Å². The standard InChI is InChI=1S/C24H28Cl2N2O4/c1-16(24(30)27-18-7-3-4-8-18)28(14-17-11-12-19(25)20(26)13-17)23(29)15-32-22-10-6-5-9-21(22)31-2/h5-6,9-13,16,18H,3-4,7-8,14-15H2,1-2H3,(H,27,30)/t16-/m0/s1. The molecule has 32 heavy (non-hydrogen) atoms. The van der Waals surface area contributed by atoms with Gasteiger partial charge >= 0.3 is 0 Å². The molecule has 0 radical (unpaired) electrons. The average molecular weight is 479 g/mol. The zero-order valence-corrected chi connectivity index (χ0v) is 19.8. The fraction of sp³-hybridized carbons (Fsp3) is 0.417. The number of carbonyl (C=O) groups excluding carboxylic acids is 2. The molecule has 1 atom stereocenters. The van der Waals surface area contributed by atoms with Crippen LogP contribution in [0.1, 0.15) is 38.2 Å². The number of halogens is 2. The Morgan fingerprint density at radius 3 is 2.44 bits per heavy atom. The highest BCUT2D eigenvalue weighted by atomic mass is 35.5. The van der Waals surface area contributed by atoms with Crippen LogP contribution < -0.4 is 14.8 Å². The monoisotopic (exact) mass is 478 g/mol. The van der Waals surface area contributed by atoms with Crippen LogP contribution in [-0.4, -0.2) is 42.5 Å². The second-order valence-electron chi connectivity index (χ2n) is 7.88. The number of carbonyl (C=O) groups is 2. The van der Waals surface area contributed by atoms with Crippen molar-refractivity contribution in [3.05, 3.63) is 58.1 Å². The summed E-state index contributed by atoms with van der Waals surface area (Å²) in [6.07, 6.45) is 4.15. The first kappa shape index (κ1) is 24.2. The van der Waals surface area contributed by atoms with Gasteiger partial charge in [-0.15, -0.1) is 0 Å². The van der Waals surface area contributed by atoms with Gasteiger partial charge < -0.3 is 19.7 Å². The molecule has 0 aromatic heterocycles. The molecular weight excluding hydrogens is 451 g/mol. The van der Waals surface area contributed by atoms with Crippen molar-refractivity contribution < 1.29 is 19.1 Å². The summed E-state index contributed by atoms with van der Waals surface area (Å²) in [4.78, 5) is 27.6. The van der Waals surface area contributed by atoms with Crippen molar-refractivity contribution in [1.29, 1.82) is 0 Å². The third kappa shape index (κ3) is 6.30. The van der Waals surface area contributed by atoms with Gasteiger partial charge in [-0.05, 0) is 49.6 Å². The predicted molar refractivity (Wildman–Crippen MR) is 125 cm³/mol. The van der Waals surface area contributed by atoms with Gasteiger partial charge in [-0.3, -0.25) is 9.59 Å². The normalized spacial score (nSPS) is 14.6. The number of rotatable bonds is 9. The van der Waals surface area contributed by atoms with Gasteiger partial charge in [0.25, 0.3) is 5.91 Å². The first-order valence-corrected chi connectivity index (χ1v) is 11.4. The van der Waals surface area contributed by atoms with Crippen molar-refractivity contribution >= 4 is 35.0 Å². The van der Waals surface area contributed by atoms with Gasteiger partial charge in [0.1, 0.15) is 6.04 Å². The molecule has 3 rings (SSSR count). The van der Waals surface area contributed by atoms with Gasteiger partial charge in [-0.1, -0.05) is 54.2 Å². The lowest BCUT2D eigenvalue weighted by Gasteiger charge is -2.30. The predicted octanol–water partition coefficient (Wildman–Crippen LogP) is 4.86. The number of benzene rings is 2. The SMILES string of the molecule is COc1ccccc1OCC(=O)N(Cc1ccc(Cl)c(Cl)c1)[C@@H](C)C(=O)NC1CCCC1. The molecule has 1 fully saturated rings. The summed E-state index contributed by atoms with van der Waals surface area (Å²) in [6, 6.07) is 11.7. The molecule has 2 aromatic rings. The summed E-state index contributed by atoms with van der Waals surface area (Å²) in [6.45, 7) is 1.69. The van der Waals surface area contributed by atoms with Crippen molar-refractivity contribution in [2.24, 2.45) is 0 Å². The molecule has 0 unspecified atom stereocenters. The Labute approximate surface area is 198 Å². The first-order chi connectivity index (χ1) is 15.4. The van der Waals surface area contributed by atoms with E-state index < -0.39 is 6.04 Å². The summed E-state index contributed by atoms with van der Waals surface area (Å²) < 4.78 is 11.0. The van der Waals surface area contributed by atoms with E-state index in [9.17, 15) is 9.59 Å². The summed E-state index contributed by atoms with van der Waals surface area (Å²) in [5, 5.41) is 3.90. The molecule has 172 valence electrons. The van der Waals surface area contributed by atoms with Crippen LogP contribution >= 0.6 is 23.2 Å². The van der Waals surface area contributed by atoms with Crippen LogP contribution in [0.5, 0.6) is 11.5 Å². The maximum atomic E-state index is 13.2. The van der Waals surface area contributed by atoms with Crippen LogP contribution in [0, 0.1) is 0 Å². The highest BCUT2D eigenvalue weighted by Crippen LogP contribution is 2.27. The van der Waals surface area contributed by atoms with Gasteiger partial charge in [0.2, 0.25) is 5.91 Å². The number of nitrogens with one attached hydrogen (secondary N) is 1. The van der Waals surface area contributed by atoms with Crippen molar-refractivity contribution in [3.63, 3.8) is 0 Å². The Bertz CT molecular complexity index is 947. The largest absolute Gasteiger partial charge is 0.493 e. The van der Waals surface area contributed by atoms with Crippen LogP contribution in [0.3, 0.4) is 0 Å². The van der Waals surface area contributed by atoms with E-state index in [1.807, 2.05) is 6.07 Å². The van der Waals surface area contributed by atoms with E-state index in [-0.39, 0.29) is 31.0 Å². The Kier molecular flexibility index (Phi) is 8.65. The second kappa shape index (κ2) is 11.4. The van der Waals surface area contributed by atoms with E-state index in [1.54, 1.807) is 43.3 Å². The average Bonchev–Trinajstić information content (AvgIpc) is 3.30. The number of hydrogen-bond acceptors (Lipinski definition) is 4. The Morgan fingerprint density at radius 1 is 1.09 bits per heavy atom. The van der Waals surface area contributed by atoms with Crippen LogP contribution in [0.25, 0.3) is 0 Å². The van der Waals surface area contributed by atoms with E-state index in [2.05, 4.69) is 5.32 Å².